The largest absolute Gasteiger partial charge is 0.393 e. The SMILES string of the molecule is C[C@]12CC[C@H](O[C@@H]3CCCCO3)C[C@@H]1CC[C@H]1[C@H]2CC[C@]2(C)[C@H](O)CC[C@H]12. The van der Waals surface area contributed by atoms with Gasteiger partial charge in [0.05, 0.1) is 12.2 Å². The molecule has 5 aliphatic rings. The van der Waals surface area contributed by atoms with Crippen molar-refractivity contribution in [2.24, 2.45) is 34.5 Å². The quantitative estimate of drug-likeness (QED) is 0.665. The highest BCUT2D eigenvalue weighted by molar-refractivity contribution is 5.09. The summed E-state index contributed by atoms with van der Waals surface area (Å²) in [6.45, 7) is 5.90. The number of hydrogen-bond donors (Lipinski definition) is 1. The van der Waals surface area contributed by atoms with Gasteiger partial charge in [-0.1, -0.05) is 13.8 Å². The Bertz CT molecular complexity index is 544. The van der Waals surface area contributed by atoms with Gasteiger partial charge in [-0.05, 0) is 112 Å². The topological polar surface area (TPSA) is 38.7 Å². The molecule has 4 aliphatic carbocycles. The van der Waals surface area contributed by atoms with E-state index in [1.165, 1.54) is 64.2 Å². The van der Waals surface area contributed by atoms with Crippen LogP contribution in [0.5, 0.6) is 0 Å². The predicted octanol–water partition coefficient (Wildman–Crippen LogP) is 5.30. The fourth-order valence-electron chi connectivity index (χ4n) is 8.35. The van der Waals surface area contributed by atoms with Crippen LogP contribution in [0, 0.1) is 34.5 Å². The van der Waals surface area contributed by atoms with E-state index in [9.17, 15) is 5.11 Å². The minimum atomic E-state index is -0.0476. The zero-order valence-corrected chi connectivity index (χ0v) is 17.5. The van der Waals surface area contributed by atoms with Crippen LogP contribution in [-0.4, -0.2) is 30.2 Å². The van der Waals surface area contributed by atoms with Crippen LogP contribution >= 0.6 is 0 Å². The first-order valence-electron chi connectivity index (χ1n) is 12.0. The maximum atomic E-state index is 10.6. The Labute approximate surface area is 165 Å². The van der Waals surface area contributed by atoms with Crippen LogP contribution < -0.4 is 0 Å². The molecule has 0 radical (unpaired) electrons. The van der Waals surface area contributed by atoms with E-state index in [2.05, 4.69) is 13.8 Å². The molecule has 154 valence electrons. The molecular weight excluding hydrogens is 336 g/mol. The number of ether oxygens (including phenoxy) is 2. The van der Waals surface area contributed by atoms with E-state index in [1.54, 1.807) is 0 Å². The van der Waals surface area contributed by atoms with Crippen LogP contribution in [0.4, 0.5) is 0 Å². The van der Waals surface area contributed by atoms with Crippen LogP contribution in [0.3, 0.4) is 0 Å². The van der Waals surface area contributed by atoms with Gasteiger partial charge in [-0.3, -0.25) is 0 Å². The maximum Gasteiger partial charge on any atom is 0.157 e. The van der Waals surface area contributed by atoms with Gasteiger partial charge in [0.25, 0.3) is 0 Å². The Morgan fingerprint density at radius 1 is 0.852 bits per heavy atom. The molecule has 9 atom stereocenters. The van der Waals surface area contributed by atoms with E-state index in [0.717, 1.165) is 43.1 Å². The average Bonchev–Trinajstić information content (AvgIpc) is 2.98. The molecule has 1 N–H and O–H groups in total. The summed E-state index contributed by atoms with van der Waals surface area (Å²) in [6, 6.07) is 0. The third kappa shape index (κ3) is 3.02. The number of hydrogen-bond acceptors (Lipinski definition) is 3. The molecule has 0 spiro atoms. The van der Waals surface area contributed by atoms with Crippen molar-refractivity contribution >= 4 is 0 Å². The summed E-state index contributed by atoms with van der Waals surface area (Å²) in [6.07, 6.45) is 15.5. The molecule has 0 aromatic heterocycles. The van der Waals surface area contributed by atoms with Gasteiger partial charge in [0.15, 0.2) is 6.29 Å². The summed E-state index contributed by atoms with van der Waals surface area (Å²) in [7, 11) is 0. The van der Waals surface area contributed by atoms with Crippen molar-refractivity contribution in [3.63, 3.8) is 0 Å². The molecule has 1 aliphatic heterocycles. The third-order valence-corrected chi connectivity index (χ3v) is 10.0. The zero-order valence-electron chi connectivity index (χ0n) is 17.5. The lowest BCUT2D eigenvalue weighted by molar-refractivity contribution is -0.212. The third-order valence-electron chi connectivity index (χ3n) is 10.0. The van der Waals surface area contributed by atoms with Crippen molar-refractivity contribution < 1.29 is 14.6 Å². The summed E-state index contributed by atoms with van der Waals surface area (Å²) in [5, 5.41) is 10.6. The Morgan fingerprint density at radius 3 is 2.48 bits per heavy atom. The fourth-order valence-corrected chi connectivity index (χ4v) is 8.35. The van der Waals surface area contributed by atoms with E-state index >= 15 is 0 Å². The lowest BCUT2D eigenvalue weighted by Crippen LogP contribution is -2.54. The monoisotopic (exact) mass is 376 g/mol. The molecule has 0 unspecified atom stereocenters. The number of rotatable bonds is 2. The number of fused-ring (bicyclic) bond motifs is 5. The highest BCUT2D eigenvalue weighted by atomic mass is 16.7. The van der Waals surface area contributed by atoms with Gasteiger partial charge in [0, 0.05) is 6.61 Å². The number of aliphatic hydroxyl groups excluding tert-OH is 1. The summed E-state index contributed by atoms with van der Waals surface area (Å²) in [5.74, 6) is 3.35. The Morgan fingerprint density at radius 2 is 1.67 bits per heavy atom. The first-order valence-corrected chi connectivity index (χ1v) is 12.0. The van der Waals surface area contributed by atoms with Crippen molar-refractivity contribution in [2.75, 3.05) is 6.61 Å². The minimum Gasteiger partial charge on any atom is -0.393 e. The molecule has 0 bridgehead atoms. The first kappa shape index (κ1) is 18.9. The highest BCUT2D eigenvalue weighted by Crippen LogP contribution is 2.66. The molecule has 4 saturated carbocycles. The van der Waals surface area contributed by atoms with Gasteiger partial charge in [0.1, 0.15) is 0 Å². The van der Waals surface area contributed by atoms with E-state index < -0.39 is 0 Å². The highest BCUT2D eigenvalue weighted by Gasteiger charge is 2.60. The van der Waals surface area contributed by atoms with Crippen LogP contribution in [0.25, 0.3) is 0 Å². The lowest BCUT2D eigenvalue weighted by Gasteiger charge is -2.61. The van der Waals surface area contributed by atoms with Crippen LogP contribution in [0.2, 0.25) is 0 Å². The molecule has 0 aromatic carbocycles. The van der Waals surface area contributed by atoms with E-state index in [0.29, 0.717) is 11.5 Å². The second-order valence-electron chi connectivity index (χ2n) is 11.1. The van der Waals surface area contributed by atoms with Crippen LogP contribution in [0.1, 0.15) is 90.9 Å². The van der Waals surface area contributed by atoms with Crippen molar-refractivity contribution in [1.29, 1.82) is 0 Å². The summed E-state index contributed by atoms with van der Waals surface area (Å²) in [4.78, 5) is 0. The summed E-state index contributed by atoms with van der Waals surface area (Å²) >= 11 is 0. The van der Waals surface area contributed by atoms with Gasteiger partial charge in [-0.25, -0.2) is 0 Å². The summed E-state index contributed by atoms with van der Waals surface area (Å²) < 4.78 is 12.3. The van der Waals surface area contributed by atoms with Gasteiger partial charge >= 0.3 is 0 Å². The molecule has 3 heteroatoms. The summed E-state index contributed by atoms with van der Waals surface area (Å²) in [5.41, 5.74) is 0.716. The van der Waals surface area contributed by atoms with Crippen molar-refractivity contribution in [1.82, 2.24) is 0 Å². The van der Waals surface area contributed by atoms with E-state index in [4.69, 9.17) is 9.47 Å². The molecule has 3 nitrogen and oxygen atoms in total. The Balaban J connectivity index is 1.27. The molecule has 0 aromatic rings. The predicted molar refractivity (Wildman–Crippen MR) is 106 cm³/mol. The first-order chi connectivity index (χ1) is 13.0. The van der Waals surface area contributed by atoms with E-state index in [-0.39, 0.29) is 17.8 Å². The lowest BCUT2D eigenvalue weighted by atomic mass is 9.45. The van der Waals surface area contributed by atoms with Gasteiger partial charge in [0.2, 0.25) is 0 Å². The Kier molecular flexibility index (Phi) is 4.89. The molecule has 0 amide bonds. The van der Waals surface area contributed by atoms with Crippen molar-refractivity contribution in [3.8, 4) is 0 Å². The standard InChI is InChI=1S/C24H40O3/c1-23-12-10-17(27-22-5-3-4-14-26-22)15-16(23)6-7-18-19-8-9-21(25)24(19,2)13-11-20(18)23/h16-22,25H,3-15H2,1-2H3/t16-,17-,18+,19+,20+,21+,22+,23-,24-/m0/s1. The van der Waals surface area contributed by atoms with Gasteiger partial charge in [-0.15, -0.1) is 0 Å². The van der Waals surface area contributed by atoms with Crippen molar-refractivity contribution in [2.45, 2.75) is 109 Å². The minimum absolute atomic E-state index is 0.0476. The number of aliphatic hydroxyl groups is 1. The molecule has 1 saturated heterocycles. The maximum absolute atomic E-state index is 10.6. The van der Waals surface area contributed by atoms with Gasteiger partial charge < -0.3 is 14.6 Å². The normalized spacial score (nSPS) is 55.4. The molecule has 27 heavy (non-hydrogen) atoms. The fraction of sp³-hybridized carbons (Fsp3) is 1.00. The average molecular weight is 377 g/mol. The van der Waals surface area contributed by atoms with Gasteiger partial charge in [-0.2, -0.15) is 0 Å². The van der Waals surface area contributed by atoms with Crippen LogP contribution in [0.15, 0.2) is 0 Å². The molecule has 5 fully saturated rings. The molecular formula is C24H40O3. The zero-order chi connectivity index (χ0) is 18.6. The Hall–Kier alpha value is -0.120. The van der Waals surface area contributed by atoms with Crippen LogP contribution in [-0.2, 0) is 9.47 Å². The molecule has 5 rings (SSSR count). The molecule has 1 heterocycles. The van der Waals surface area contributed by atoms with E-state index in [1.807, 2.05) is 0 Å². The smallest absolute Gasteiger partial charge is 0.157 e. The second-order valence-corrected chi connectivity index (χ2v) is 11.1. The second kappa shape index (κ2) is 6.99. The van der Waals surface area contributed by atoms with Crippen molar-refractivity contribution in [3.05, 3.63) is 0 Å².